The number of benzene rings is 1. The monoisotopic (exact) mass is 291 g/mol. The zero-order valence-corrected chi connectivity index (χ0v) is 12.0. The van der Waals surface area contributed by atoms with E-state index in [4.69, 9.17) is 5.73 Å². The molecule has 2 aromatic rings. The van der Waals surface area contributed by atoms with Gasteiger partial charge in [-0.2, -0.15) is 0 Å². The van der Waals surface area contributed by atoms with Crippen molar-refractivity contribution in [3.05, 3.63) is 59.4 Å². The minimum absolute atomic E-state index is 0.233. The number of nitrogens with one attached hydrogen (secondary N) is 1. The number of rotatable bonds is 5. The summed E-state index contributed by atoms with van der Waals surface area (Å²) in [5.74, 6) is 0. The summed E-state index contributed by atoms with van der Waals surface area (Å²) >= 11 is 0. The van der Waals surface area contributed by atoms with Gasteiger partial charge in [0.2, 0.25) is 10.0 Å². The Labute approximate surface area is 118 Å². The van der Waals surface area contributed by atoms with Gasteiger partial charge in [0.05, 0.1) is 4.90 Å². The molecule has 0 fully saturated rings. The zero-order chi connectivity index (χ0) is 14.6. The minimum Gasteiger partial charge on any atom is -0.326 e. The average molecular weight is 291 g/mol. The maximum absolute atomic E-state index is 12.3. The van der Waals surface area contributed by atoms with E-state index in [2.05, 4.69) is 9.71 Å². The Bertz CT molecular complexity index is 685. The van der Waals surface area contributed by atoms with Gasteiger partial charge >= 0.3 is 0 Å². The van der Waals surface area contributed by atoms with E-state index < -0.39 is 10.0 Å². The van der Waals surface area contributed by atoms with Gasteiger partial charge in [-0.15, -0.1) is 0 Å². The number of nitrogens with two attached hydrogens (primary N) is 1. The van der Waals surface area contributed by atoms with Crippen LogP contribution in [0.5, 0.6) is 0 Å². The number of hydrogen-bond acceptors (Lipinski definition) is 4. The van der Waals surface area contributed by atoms with Gasteiger partial charge in [0.25, 0.3) is 0 Å². The van der Waals surface area contributed by atoms with Gasteiger partial charge in [-0.1, -0.05) is 12.1 Å². The SMILES string of the molecule is Cc1ccc(CN)cc1S(=O)(=O)NCc1ccncc1. The van der Waals surface area contributed by atoms with Gasteiger partial charge in [0.1, 0.15) is 0 Å². The molecule has 1 aromatic carbocycles. The van der Waals surface area contributed by atoms with Gasteiger partial charge in [-0.25, -0.2) is 13.1 Å². The Balaban J connectivity index is 2.22. The van der Waals surface area contributed by atoms with E-state index in [0.717, 1.165) is 11.1 Å². The average Bonchev–Trinajstić information content (AvgIpc) is 2.47. The Hall–Kier alpha value is -1.76. The fourth-order valence-corrected chi connectivity index (χ4v) is 3.13. The van der Waals surface area contributed by atoms with Crippen LogP contribution in [-0.4, -0.2) is 13.4 Å². The van der Waals surface area contributed by atoms with Gasteiger partial charge in [-0.3, -0.25) is 4.98 Å². The summed E-state index contributed by atoms with van der Waals surface area (Å²) in [5, 5.41) is 0. The molecule has 0 aliphatic heterocycles. The second kappa shape index (κ2) is 6.13. The van der Waals surface area contributed by atoms with Crippen LogP contribution in [0.1, 0.15) is 16.7 Å². The van der Waals surface area contributed by atoms with Crippen molar-refractivity contribution in [1.82, 2.24) is 9.71 Å². The first kappa shape index (κ1) is 14.6. The van der Waals surface area contributed by atoms with Crippen LogP contribution in [-0.2, 0) is 23.1 Å². The lowest BCUT2D eigenvalue weighted by molar-refractivity contribution is 0.580. The molecule has 0 saturated heterocycles. The van der Waals surface area contributed by atoms with Crippen molar-refractivity contribution in [2.45, 2.75) is 24.9 Å². The lowest BCUT2D eigenvalue weighted by atomic mass is 10.1. The highest BCUT2D eigenvalue weighted by molar-refractivity contribution is 7.89. The molecule has 0 bridgehead atoms. The fourth-order valence-electron chi connectivity index (χ4n) is 1.82. The molecule has 0 aliphatic rings. The minimum atomic E-state index is -3.55. The Morgan fingerprint density at radius 3 is 2.50 bits per heavy atom. The Morgan fingerprint density at radius 2 is 1.85 bits per heavy atom. The molecule has 0 radical (unpaired) electrons. The van der Waals surface area contributed by atoms with E-state index in [1.165, 1.54) is 0 Å². The van der Waals surface area contributed by atoms with E-state index in [0.29, 0.717) is 12.1 Å². The molecular formula is C14H17N3O2S. The van der Waals surface area contributed by atoms with E-state index in [1.54, 1.807) is 43.6 Å². The Kier molecular flexibility index (Phi) is 4.49. The van der Waals surface area contributed by atoms with Crippen molar-refractivity contribution in [3.8, 4) is 0 Å². The van der Waals surface area contributed by atoms with E-state index >= 15 is 0 Å². The number of aryl methyl sites for hydroxylation is 1. The highest BCUT2D eigenvalue weighted by atomic mass is 32.2. The summed E-state index contributed by atoms with van der Waals surface area (Å²) in [5.41, 5.74) is 7.90. The van der Waals surface area contributed by atoms with Gasteiger partial charge in [0, 0.05) is 25.5 Å². The molecule has 0 spiro atoms. The summed E-state index contributed by atoms with van der Waals surface area (Å²) in [4.78, 5) is 4.17. The van der Waals surface area contributed by atoms with Crippen molar-refractivity contribution < 1.29 is 8.42 Å². The van der Waals surface area contributed by atoms with Crippen LogP contribution in [0.4, 0.5) is 0 Å². The maximum atomic E-state index is 12.3. The standard InChI is InChI=1S/C14H17N3O2S/c1-11-2-3-13(9-15)8-14(11)20(18,19)17-10-12-4-6-16-7-5-12/h2-8,17H,9-10,15H2,1H3. The lowest BCUT2D eigenvalue weighted by Crippen LogP contribution is -2.24. The summed E-state index contributed by atoms with van der Waals surface area (Å²) in [7, 11) is -3.55. The topological polar surface area (TPSA) is 85.1 Å². The number of nitrogens with zero attached hydrogens (tertiary/aromatic N) is 1. The predicted octanol–water partition coefficient (Wildman–Crippen LogP) is 1.33. The third kappa shape index (κ3) is 3.41. The number of pyridine rings is 1. The Morgan fingerprint density at radius 1 is 1.15 bits per heavy atom. The summed E-state index contributed by atoms with van der Waals surface area (Å²) in [6.45, 7) is 2.31. The summed E-state index contributed by atoms with van der Waals surface area (Å²) in [6, 6.07) is 8.75. The molecular weight excluding hydrogens is 274 g/mol. The zero-order valence-electron chi connectivity index (χ0n) is 11.2. The quantitative estimate of drug-likeness (QED) is 0.870. The van der Waals surface area contributed by atoms with Crippen LogP contribution in [0.25, 0.3) is 0 Å². The first-order valence-corrected chi connectivity index (χ1v) is 7.69. The molecule has 0 atom stereocenters. The molecule has 1 aromatic heterocycles. The van der Waals surface area contributed by atoms with E-state index in [-0.39, 0.29) is 11.4 Å². The number of hydrogen-bond donors (Lipinski definition) is 2. The summed E-state index contributed by atoms with van der Waals surface area (Å²) in [6.07, 6.45) is 3.26. The van der Waals surface area contributed by atoms with E-state index in [9.17, 15) is 8.42 Å². The third-order valence-corrected chi connectivity index (χ3v) is 4.54. The first-order chi connectivity index (χ1) is 9.53. The molecule has 0 unspecified atom stereocenters. The van der Waals surface area contributed by atoms with Crippen LogP contribution in [0.15, 0.2) is 47.6 Å². The molecule has 3 N–H and O–H groups in total. The van der Waals surface area contributed by atoms with Gasteiger partial charge in [-0.05, 0) is 41.8 Å². The smallest absolute Gasteiger partial charge is 0.241 e. The molecule has 5 nitrogen and oxygen atoms in total. The lowest BCUT2D eigenvalue weighted by Gasteiger charge is -2.10. The highest BCUT2D eigenvalue weighted by Crippen LogP contribution is 2.17. The van der Waals surface area contributed by atoms with Crippen LogP contribution in [0, 0.1) is 6.92 Å². The summed E-state index contributed by atoms with van der Waals surface area (Å²) < 4.78 is 27.2. The molecule has 0 saturated carbocycles. The number of aromatic nitrogens is 1. The molecule has 106 valence electrons. The second-order valence-corrected chi connectivity index (χ2v) is 6.22. The largest absolute Gasteiger partial charge is 0.326 e. The van der Waals surface area contributed by atoms with Crippen LogP contribution in [0.2, 0.25) is 0 Å². The third-order valence-electron chi connectivity index (χ3n) is 2.99. The molecule has 2 rings (SSSR count). The molecule has 0 aliphatic carbocycles. The molecule has 6 heteroatoms. The van der Waals surface area contributed by atoms with Crippen molar-refractivity contribution in [2.24, 2.45) is 5.73 Å². The van der Waals surface area contributed by atoms with Crippen molar-refractivity contribution >= 4 is 10.0 Å². The fraction of sp³-hybridized carbons (Fsp3) is 0.214. The first-order valence-electron chi connectivity index (χ1n) is 6.21. The van der Waals surface area contributed by atoms with Crippen molar-refractivity contribution in [2.75, 3.05) is 0 Å². The number of sulfonamides is 1. The van der Waals surface area contributed by atoms with E-state index in [1.807, 2.05) is 6.07 Å². The predicted molar refractivity (Wildman–Crippen MR) is 77.3 cm³/mol. The second-order valence-electron chi connectivity index (χ2n) is 4.48. The van der Waals surface area contributed by atoms with Gasteiger partial charge < -0.3 is 5.73 Å². The highest BCUT2D eigenvalue weighted by Gasteiger charge is 2.16. The van der Waals surface area contributed by atoms with Crippen LogP contribution < -0.4 is 10.5 Å². The maximum Gasteiger partial charge on any atom is 0.241 e. The van der Waals surface area contributed by atoms with Crippen molar-refractivity contribution in [3.63, 3.8) is 0 Å². The van der Waals surface area contributed by atoms with Crippen LogP contribution >= 0.6 is 0 Å². The van der Waals surface area contributed by atoms with Crippen molar-refractivity contribution in [1.29, 1.82) is 0 Å². The normalized spacial score (nSPS) is 11.5. The van der Waals surface area contributed by atoms with Gasteiger partial charge in [0.15, 0.2) is 0 Å². The molecule has 0 amide bonds. The van der Waals surface area contributed by atoms with Crippen LogP contribution in [0.3, 0.4) is 0 Å². The molecule has 20 heavy (non-hydrogen) atoms. The molecule has 1 heterocycles.